The summed E-state index contributed by atoms with van der Waals surface area (Å²) in [6, 6.07) is 8.40. The van der Waals surface area contributed by atoms with Crippen molar-refractivity contribution in [3.63, 3.8) is 0 Å². The minimum Gasteiger partial charge on any atom is -0.457 e. The Labute approximate surface area is 113 Å². The summed E-state index contributed by atoms with van der Waals surface area (Å²) in [4.78, 5) is 10.6. The van der Waals surface area contributed by atoms with Crippen LogP contribution >= 0.6 is 23.2 Å². The van der Waals surface area contributed by atoms with Crippen LogP contribution in [0.1, 0.15) is 10.4 Å². The van der Waals surface area contributed by atoms with Gasteiger partial charge in [-0.1, -0.05) is 23.2 Å². The van der Waals surface area contributed by atoms with E-state index in [0.29, 0.717) is 22.1 Å². The van der Waals surface area contributed by atoms with Gasteiger partial charge < -0.3 is 4.74 Å². The largest absolute Gasteiger partial charge is 0.457 e. The second-order valence-electron chi connectivity index (χ2n) is 3.52. The van der Waals surface area contributed by atoms with E-state index in [-0.39, 0.29) is 11.3 Å². The Morgan fingerprint density at radius 2 is 1.78 bits per heavy atom. The first kappa shape index (κ1) is 12.9. The Bertz CT molecular complexity index is 600. The molecule has 92 valence electrons. The summed E-state index contributed by atoms with van der Waals surface area (Å²) in [5.41, 5.74) is 0.199. The predicted molar refractivity (Wildman–Crippen MR) is 68.3 cm³/mol. The molecule has 0 N–H and O–H groups in total. The van der Waals surface area contributed by atoms with Crippen molar-refractivity contribution in [2.24, 2.45) is 0 Å². The molecule has 2 nitrogen and oxygen atoms in total. The highest BCUT2D eigenvalue weighted by Crippen LogP contribution is 2.29. The smallest absolute Gasteiger partial charge is 0.150 e. The number of benzene rings is 2. The van der Waals surface area contributed by atoms with E-state index in [2.05, 4.69) is 0 Å². The van der Waals surface area contributed by atoms with Gasteiger partial charge in [0, 0.05) is 17.7 Å². The summed E-state index contributed by atoms with van der Waals surface area (Å²) in [6.45, 7) is 0. The molecule has 0 spiro atoms. The zero-order valence-corrected chi connectivity index (χ0v) is 10.5. The topological polar surface area (TPSA) is 26.3 Å². The molecule has 2 aromatic rings. The number of carbonyl (C=O) groups is 1. The van der Waals surface area contributed by atoms with E-state index in [9.17, 15) is 9.18 Å². The summed E-state index contributed by atoms with van der Waals surface area (Å²) in [5.74, 6) is 0.0806. The van der Waals surface area contributed by atoms with Gasteiger partial charge in [0.05, 0.1) is 10.0 Å². The molecular formula is C13H7Cl2FO2. The molecule has 0 aliphatic carbocycles. The summed E-state index contributed by atoms with van der Waals surface area (Å²) in [7, 11) is 0. The van der Waals surface area contributed by atoms with Crippen molar-refractivity contribution in [1.82, 2.24) is 0 Å². The van der Waals surface area contributed by atoms with E-state index >= 15 is 0 Å². The van der Waals surface area contributed by atoms with Crippen LogP contribution in [0.5, 0.6) is 11.5 Å². The van der Waals surface area contributed by atoms with Crippen LogP contribution in [0.2, 0.25) is 10.0 Å². The Balaban J connectivity index is 2.30. The number of hydrogen-bond donors (Lipinski definition) is 0. The molecule has 0 saturated carbocycles. The van der Waals surface area contributed by atoms with Crippen LogP contribution in [0.25, 0.3) is 0 Å². The first-order valence-corrected chi connectivity index (χ1v) is 5.73. The highest BCUT2D eigenvalue weighted by molar-refractivity contribution is 6.42. The van der Waals surface area contributed by atoms with Crippen LogP contribution in [0, 0.1) is 5.82 Å². The van der Waals surface area contributed by atoms with Gasteiger partial charge in [0.1, 0.15) is 23.6 Å². The molecule has 2 rings (SSSR count). The Morgan fingerprint density at radius 3 is 2.44 bits per heavy atom. The van der Waals surface area contributed by atoms with Gasteiger partial charge in [-0.15, -0.1) is 0 Å². The molecule has 0 aliphatic rings. The molecule has 0 bridgehead atoms. The first-order chi connectivity index (χ1) is 8.58. The van der Waals surface area contributed by atoms with Crippen molar-refractivity contribution in [2.75, 3.05) is 0 Å². The van der Waals surface area contributed by atoms with E-state index in [1.54, 1.807) is 12.1 Å². The normalized spacial score (nSPS) is 10.2. The second-order valence-corrected chi connectivity index (χ2v) is 4.33. The molecule has 2 aromatic carbocycles. The van der Waals surface area contributed by atoms with Crippen LogP contribution in [0.15, 0.2) is 36.4 Å². The van der Waals surface area contributed by atoms with E-state index in [4.69, 9.17) is 27.9 Å². The van der Waals surface area contributed by atoms with Crippen molar-refractivity contribution in [1.29, 1.82) is 0 Å². The minimum atomic E-state index is -0.547. The van der Waals surface area contributed by atoms with Gasteiger partial charge in [0.15, 0.2) is 0 Å². The fraction of sp³-hybridized carbons (Fsp3) is 0. The van der Waals surface area contributed by atoms with Crippen molar-refractivity contribution in [3.05, 3.63) is 57.8 Å². The molecule has 0 aliphatic heterocycles. The maximum Gasteiger partial charge on any atom is 0.150 e. The van der Waals surface area contributed by atoms with Gasteiger partial charge in [-0.3, -0.25) is 4.79 Å². The summed E-state index contributed by atoms with van der Waals surface area (Å²) in [5, 5.41) is 0.734. The third kappa shape index (κ3) is 3.00. The summed E-state index contributed by atoms with van der Waals surface area (Å²) >= 11 is 11.6. The third-order valence-electron chi connectivity index (χ3n) is 2.16. The second kappa shape index (κ2) is 5.38. The van der Waals surface area contributed by atoms with E-state index in [1.807, 2.05) is 0 Å². The number of halogens is 3. The lowest BCUT2D eigenvalue weighted by atomic mass is 10.2. The monoisotopic (exact) mass is 284 g/mol. The van der Waals surface area contributed by atoms with Crippen LogP contribution in [0.3, 0.4) is 0 Å². The molecule has 0 saturated heterocycles. The predicted octanol–water partition coefficient (Wildman–Crippen LogP) is 4.74. The Morgan fingerprint density at radius 1 is 1.00 bits per heavy atom. The Kier molecular flexibility index (Phi) is 3.84. The standard InChI is InChI=1S/C13H7Cl2FO2/c14-12-2-1-10(6-13(12)15)18-11-4-8(7-17)3-9(16)5-11/h1-7H. The molecule has 18 heavy (non-hydrogen) atoms. The van der Waals surface area contributed by atoms with Crippen molar-refractivity contribution in [3.8, 4) is 11.5 Å². The van der Waals surface area contributed by atoms with Crippen LogP contribution in [-0.4, -0.2) is 6.29 Å². The van der Waals surface area contributed by atoms with Crippen molar-refractivity contribution < 1.29 is 13.9 Å². The fourth-order valence-corrected chi connectivity index (χ4v) is 1.68. The molecule has 0 radical (unpaired) electrons. The third-order valence-corrected chi connectivity index (χ3v) is 2.90. The minimum absolute atomic E-state index is 0.199. The lowest BCUT2D eigenvalue weighted by molar-refractivity contribution is 0.112. The van der Waals surface area contributed by atoms with E-state index < -0.39 is 5.82 Å². The molecule has 0 amide bonds. The average molecular weight is 285 g/mol. The molecule has 0 heterocycles. The molecule has 5 heteroatoms. The summed E-state index contributed by atoms with van der Waals surface area (Å²) < 4.78 is 18.6. The molecule has 0 unspecified atom stereocenters. The SMILES string of the molecule is O=Cc1cc(F)cc(Oc2ccc(Cl)c(Cl)c2)c1. The maximum atomic E-state index is 13.2. The number of ether oxygens (including phenoxy) is 1. The van der Waals surface area contributed by atoms with Crippen LogP contribution in [0.4, 0.5) is 4.39 Å². The molecular weight excluding hydrogens is 278 g/mol. The number of carbonyl (C=O) groups excluding carboxylic acids is 1. The average Bonchev–Trinajstić information content (AvgIpc) is 2.33. The fourth-order valence-electron chi connectivity index (χ4n) is 1.39. The van der Waals surface area contributed by atoms with Crippen LogP contribution < -0.4 is 4.74 Å². The zero-order chi connectivity index (χ0) is 13.1. The van der Waals surface area contributed by atoms with Crippen molar-refractivity contribution >= 4 is 29.5 Å². The van der Waals surface area contributed by atoms with Gasteiger partial charge in [0.25, 0.3) is 0 Å². The van der Waals surface area contributed by atoms with Gasteiger partial charge in [0.2, 0.25) is 0 Å². The number of aldehydes is 1. The molecule has 0 aromatic heterocycles. The lowest BCUT2D eigenvalue weighted by Gasteiger charge is -2.07. The summed E-state index contributed by atoms with van der Waals surface area (Å²) in [6.07, 6.45) is 0.546. The van der Waals surface area contributed by atoms with Gasteiger partial charge in [-0.05, 0) is 24.3 Å². The van der Waals surface area contributed by atoms with Gasteiger partial charge >= 0.3 is 0 Å². The Hall–Kier alpha value is -1.58. The quantitative estimate of drug-likeness (QED) is 0.761. The first-order valence-electron chi connectivity index (χ1n) is 4.97. The van der Waals surface area contributed by atoms with Crippen LogP contribution in [-0.2, 0) is 0 Å². The van der Waals surface area contributed by atoms with E-state index in [1.165, 1.54) is 18.2 Å². The number of rotatable bonds is 3. The lowest BCUT2D eigenvalue weighted by Crippen LogP contribution is -1.89. The zero-order valence-electron chi connectivity index (χ0n) is 8.99. The highest BCUT2D eigenvalue weighted by atomic mass is 35.5. The number of hydrogen-bond acceptors (Lipinski definition) is 2. The van der Waals surface area contributed by atoms with Gasteiger partial charge in [-0.2, -0.15) is 0 Å². The van der Waals surface area contributed by atoms with E-state index in [0.717, 1.165) is 6.07 Å². The maximum absolute atomic E-state index is 13.2. The molecule has 0 atom stereocenters. The molecule has 0 fully saturated rings. The van der Waals surface area contributed by atoms with Crippen molar-refractivity contribution in [2.45, 2.75) is 0 Å². The van der Waals surface area contributed by atoms with Gasteiger partial charge in [-0.25, -0.2) is 4.39 Å². The highest BCUT2D eigenvalue weighted by Gasteiger charge is 2.05.